The molecule has 5 nitrogen and oxygen atoms in total. The summed E-state index contributed by atoms with van der Waals surface area (Å²) in [5.41, 5.74) is -0.437. The van der Waals surface area contributed by atoms with Crippen molar-refractivity contribution in [3.63, 3.8) is 0 Å². The summed E-state index contributed by atoms with van der Waals surface area (Å²) >= 11 is 0. The van der Waals surface area contributed by atoms with E-state index in [0.29, 0.717) is 18.0 Å². The molecule has 1 saturated carbocycles. The number of carbonyl (C=O) groups excluding carboxylic acids is 1. The van der Waals surface area contributed by atoms with Crippen LogP contribution in [0.3, 0.4) is 0 Å². The Morgan fingerprint density at radius 3 is 2.59 bits per heavy atom. The minimum absolute atomic E-state index is 0.216. The van der Waals surface area contributed by atoms with Gasteiger partial charge in [0.25, 0.3) is 0 Å². The molecule has 0 bridgehead atoms. The average Bonchev–Trinajstić information content (AvgIpc) is 2.90. The summed E-state index contributed by atoms with van der Waals surface area (Å²) in [5, 5.41) is 6.76. The number of hydrogen-bond acceptors (Lipinski definition) is 4. The number of amides is 1. The van der Waals surface area contributed by atoms with Crippen molar-refractivity contribution in [3.8, 4) is 0 Å². The average molecular weight is 312 g/mol. The number of rotatable bonds is 4. The Hall–Kier alpha value is -0.810. The molecule has 2 aliphatic rings. The zero-order valence-electron chi connectivity index (χ0n) is 14.5. The van der Waals surface area contributed by atoms with Crippen LogP contribution in [0.15, 0.2) is 0 Å². The van der Waals surface area contributed by atoms with E-state index in [1.54, 1.807) is 0 Å². The Morgan fingerprint density at radius 1 is 1.23 bits per heavy atom. The fourth-order valence-electron chi connectivity index (χ4n) is 3.40. The van der Waals surface area contributed by atoms with Gasteiger partial charge in [-0.2, -0.15) is 0 Å². The Kier molecular flexibility index (Phi) is 6.09. The van der Waals surface area contributed by atoms with Crippen molar-refractivity contribution in [1.29, 1.82) is 0 Å². The number of ether oxygens (including phenoxy) is 2. The van der Waals surface area contributed by atoms with Gasteiger partial charge < -0.3 is 20.1 Å². The van der Waals surface area contributed by atoms with Crippen molar-refractivity contribution in [3.05, 3.63) is 0 Å². The van der Waals surface area contributed by atoms with Gasteiger partial charge in [-0.3, -0.25) is 0 Å². The van der Waals surface area contributed by atoms with E-state index in [1.807, 2.05) is 20.8 Å². The highest BCUT2D eigenvalue weighted by atomic mass is 16.6. The molecule has 0 aromatic heterocycles. The molecular formula is C17H32N2O3. The Balaban J connectivity index is 1.75. The smallest absolute Gasteiger partial charge is 0.407 e. The van der Waals surface area contributed by atoms with Gasteiger partial charge in [0.05, 0.1) is 6.61 Å². The van der Waals surface area contributed by atoms with Crippen LogP contribution in [0.4, 0.5) is 4.79 Å². The molecule has 4 unspecified atom stereocenters. The van der Waals surface area contributed by atoms with Gasteiger partial charge in [-0.25, -0.2) is 4.79 Å². The highest BCUT2D eigenvalue weighted by Crippen LogP contribution is 2.22. The van der Waals surface area contributed by atoms with Crippen LogP contribution in [0.5, 0.6) is 0 Å². The van der Waals surface area contributed by atoms with E-state index in [9.17, 15) is 4.79 Å². The van der Waals surface area contributed by atoms with Crippen molar-refractivity contribution in [2.24, 2.45) is 5.92 Å². The van der Waals surface area contributed by atoms with Gasteiger partial charge >= 0.3 is 6.09 Å². The Labute approximate surface area is 134 Å². The molecule has 22 heavy (non-hydrogen) atoms. The second-order valence-electron chi connectivity index (χ2n) is 7.79. The lowest BCUT2D eigenvalue weighted by Gasteiger charge is -2.34. The van der Waals surface area contributed by atoms with E-state index >= 15 is 0 Å². The molecule has 0 spiro atoms. The fraction of sp³-hybridized carbons (Fsp3) is 0.941. The largest absolute Gasteiger partial charge is 0.444 e. The minimum atomic E-state index is -0.437. The van der Waals surface area contributed by atoms with Crippen molar-refractivity contribution < 1.29 is 14.3 Å². The summed E-state index contributed by atoms with van der Waals surface area (Å²) in [6.45, 7) is 9.70. The molecule has 1 amide bonds. The first kappa shape index (κ1) is 17.5. The van der Waals surface area contributed by atoms with Crippen LogP contribution in [0.1, 0.15) is 59.8 Å². The van der Waals surface area contributed by atoms with Crippen molar-refractivity contribution in [2.75, 3.05) is 13.2 Å². The first-order valence-electron chi connectivity index (χ1n) is 8.67. The molecule has 1 saturated heterocycles. The molecule has 2 N–H and O–H groups in total. The highest BCUT2D eigenvalue weighted by Gasteiger charge is 2.29. The van der Waals surface area contributed by atoms with Gasteiger partial charge in [0.15, 0.2) is 0 Å². The van der Waals surface area contributed by atoms with Crippen LogP contribution in [-0.4, -0.2) is 43.0 Å². The van der Waals surface area contributed by atoms with Crippen LogP contribution < -0.4 is 10.6 Å². The zero-order chi connectivity index (χ0) is 16.2. The van der Waals surface area contributed by atoms with E-state index in [4.69, 9.17) is 9.47 Å². The number of hydrogen-bond donors (Lipinski definition) is 2. The molecule has 1 aliphatic carbocycles. The Morgan fingerprint density at radius 2 is 1.95 bits per heavy atom. The monoisotopic (exact) mass is 312 g/mol. The van der Waals surface area contributed by atoms with Gasteiger partial charge in [-0.05, 0) is 65.7 Å². The molecule has 0 aromatic carbocycles. The standard InChI is InChI=1S/C17H32N2O3/c1-12(13-8-9-21-11-13)18-14-6-5-7-15(10-14)19-16(20)22-17(2,3)4/h12-15,18H,5-11H2,1-4H3,(H,19,20). The van der Waals surface area contributed by atoms with Gasteiger partial charge in [-0.15, -0.1) is 0 Å². The molecule has 0 radical (unpaired) electrons. The summed E-state index contributed by atoms with van der Waals surface area (Å²) in [7, 11) is 0. The molecule has 5 heteroatoms. The predicted molar refractivity (Wildman–Crippen MR) is 86.9 cm³/mol. The van der Waals surface area contributed by atoms with Crippen LogP contribution in [-0.2, 0) is 9.47 Å². The van der Waals surface area contributed by atoms with E-state index < -0.39 is 5.60 Å². The number of nitrogens with one attached hydrogen (secondary N) is 2. The maximum absolute atomic E-state index is 11.9. The molecule has 2 rings (SSSR count). The van der Waals surface area contributed by atoms with Gasteiger partial charge in [0, 0.05) is 24.7 Å². The van der Waals surface area contributed by atoms with Gasteiger partial charge in [-0.1, -0.05) is 0 Å². The molecule has 128 valence electrons. The third-order valence-electron chi connectivity index (χ3n) is 4.57. The van der Waals surface area contributed by atoms with E-state index in [-0.39, 0.29) is 12.1 Å². The summed E-state index contributed by atoms with van der Waals surface area (Å²) < 4.78 is 10.8. The fourth-order valence-corrected chi connectivity index (χ4v) is 3.40. The van der Waals surface area contributed by atoms with Crippen LogP contribution >= 0.6 is 0 Å². The first-order chi connectivity index (χ1) is 10.3. The second-order valence-corrected chi connectivity index (χ2v) is 7.79. The van der Waals surface area contributed by atoms with E-state index in [0.717, 1.165) is 38.9 Å². The first-order valence-corrected chi connectivity index (χ1v) is 8.67. The molecule has 2 fully saturated rings. The molecule has 0 aromatic rings. The quantitative estimate of drug-likeness (QED) is 0.838. The molecule has 4 atom stereocenters. The summed E-state index contributed by atoms with van der Waals surface area (Å²) in [5.74, 6) is 0.624. The topological polar surface area (TPSA) is 59.6 Å². The predicted octanol–water partition coefficient (Wildman–Crippen LogP) is 2.84. The van der Waals surface area contributed by atoms with Crippen molar-refractivity contribution >= 4 is 6.09 Å². The molecule has 1 aliphatic heterocycles. The maximum atomic E-state index is 11.9. The van der Waals surface area contributed by atoms with E-state index in [1.165, 1.54) is 6.42 Å². The lowest BCUT2D eigenvalue weighted by molar-refractivity contribution is 0.0487. The number of alkyl carbamates (subject to hydrolysis) is 1. The third-order valence-corrected chi connectivity index (χ3v) is 4.57. The van der Waals surface area contributed by atoms with Crippen LogP contribution in [0.25, 0.3) is 0 Å². The SMILES string of the molecule is CC(NC1CCCC(NC(=O)OC(C)(C)C)C1)C1CCOC1. The second kappa shape index (κ2) is 7.64. The van der Waals surface area contributed by atoms with E-state index in [2.05, 4.69) is 17.6 Å². The maximum Gasteiger partial charge on any atom is 0.407 e. The zero-order valence-corrected chi connectivity index (χ0v) is 14.5. The van der Waals surface area contributed by atoms with Crippen LogP contribution in [0, 0.1) is 5.92 Å². The third kappa shape index (κ3) is 5.76. The minimum Gasteiger partial charge on any atom is -0.444 e. The molecule has 1 heterocycles. The van der Waals surface area contributed by atoms with Crippen molar-refractivity contribution in [1.82, 2.24) is 10.6 Å². The highest BCUT2D eigenvalue weighted by molar-refractivity contribution is 5.68. The normalized spacial score (nSPS) is 30.8. The number of carbonyl (C=O) groups is 1. The Bertz CT molecular complexity index is 361. The lowest BCUT2D eigenvalue weighted by atomic mass is 9.89. The summed E-state index contributed by atoms with van der Waals surface area (Å²) in [6, 6.07) is 1.17. The summed E-state index contributed by atoms with van der Waals surface area (Å²) in [4.78, 5) is 11.9. The van der Waals surface area contributed by atoms with Crippen LogP contribution in [0.2, 0.25) is 0 Å². The summed E-state index contributed by atoms with van der Waals surface area (Å²) in [6.07, 6.45) is 5.21. The van der Waals surface area contributed by atoms with Crippen molar-refractivity contribution in [2.45, 2.75) is 83.5 Å². The lowest BCUT2D eigenvalue weighted by Crippen LogP contribution is -2.48. The van der Waals surface area contributed by atoms with Gasteiger partial charge in [0.1, 0.15) is 5.60 Å². The van der Waals surface area contributed by atoms with Gasteiger partial charge in [0.2, 0.25) is 0 Å². The molecular weight excluding hydrogens is 280 g/mol.